The summed E-state index contributed by atoms with van der Waals surface area (Å²) >= 11 is 0. The summed E-state index contributed by atoms with van der Waals surface area (Å²) in [4.78, 5) is 21.4. The minimum atomic E-state index is -0.337. The Morgan fingerprint density at radius 2 is 2.21 bits per heavy atom. The number of nitrogens with one attached hydrogen (secondary N) is 1. The van der Waals surface area contributed by atoms with E-state index in [9.17, 15) is 4.79 Å². The van der Waals surface area contributed by atoms with Crippen LogP contribution in [0.2, 0.25) is 0 Å². The highest BCUT2D eigenvalue weighted by atomic mass is 16.5. The zero-order valence-electron chi connectivity index (χ0n) is 11.6. The van der Waals surface area contributed by atoms with Gasteiger partial charge in [0.25, 0.3) is 0 Å². The van der Waals surface area contributed by atoms with Crippen LogP contribution in [-0.4, -0.2) is 42.2 Å². The predicted molar refractivity (Wildman–Crippen MR) is 73.3 cm³/mol. The number of hydrogen-bond acceptors (Lipinski definition) is 5. The number of hydrogen-bond donors (Lipinski definition) is 2. The van der Waals surface area contributed by atoms with E-state index in [2.05, 4.69) is 14.9 Å². The van der Waals surface area contributed by atoms with Gasteiger partial charge in [-0.1, -0.05) is 0 Å². The average Bonchev–Trinajstić information content (AvgIpc) is 2.81. The molecule has 19 heavy (non-hydrogen) atoms. The quantitative estimate of drug-likeness (QED) is 0.796. The van der Waals surface area contributed by atoms with Gasteiger partial charge in [-0.2, -0.15) is 0 Å². The lowest BCUT2D eigenvalue weighted by molar-refractivity contribution is 0.0519. The van der Waals surface area contributed by atoms with Crippen LogP contribution in [-0.2, 0) is 4.74 Å². The second-order valence-corrected chi connectivity index (χ2v) is 4.91. The van der Waals surface area contributed by atoms with E-state index in [-0.39, 0.29) is 5.97 Å². The largest absolute Gasteiger partial charge is 0.461 e. The SMILES string of the molecule is CCOC(=O)c1[nH]c(N2CCC(CN)CC2)nc1C. The lowest BCUT2D eigenvalue weighted by Crippen LogP contribution is -2.36. The summed E-state index contributed by atoms with van der Waals surface area (Å²) in [5, 5.41) is 0. The highest BCUT2D eigenvalue weighted by molar-refractivity contribution is 5.89. The Morgan fingerprint density at radius 3 is 2.79 bits per heavy atom. The van der Waals surface area contributed by atoms with E-state index < -0.39 is 0 Å². The zero-order chi connectivity index (χ0) is 13.8. The lowest BCUT2D eigenvalue weighted by Gasteiger charge is -2.31. The number of nitrogens with two attached hydrogens (primary N) is 1. The van der Waals surface area contributed by atoms with Gasteiger partial charge in [0.1, 0.15) is 5.69 Å². The van der Waals surface area contributed by atoms with Crippen molar-refractivity contribution in [1.82, 2.24) is 9.97 Å². The van der Waals surface area contributed by atoms with E-state index in [1.165, 1.54) is 0 Å². The minimum absolute atomic E-state index is 0.337. The van der Waals surface area contributed by atoms with Crippen LogP contribution in [0.3, 0.4) is 0 Å². The van der Waals surface area contributed by atoms with Crippen LogP contribution in [0.25, 0.3) is 0 Å². The van der Waals surface area contributed by atoms with Gasteiger partial charge < -0.3 is 20.4 Å². The van der Waals surface area contributed by atoms with Crippen molar-refractivity contribution in [1.29, 1.82) is 0 Å². The van der Waals surface area contributed by atoms with E-state index in [4.69, 9.17) is 10.5 Å². The number of anilines is 1. The van der Waals surface area contributed by atoms with Gasteiger partial charge in [-0.25, -0.2) is 9.78 Å². The molecule has 1 aromatic heterocycles. The van der Waals surface area contributed by atoms with Crippen molar-refractivity contribution in [3.05, 3.63) is 11.4 Å². The summed E-state index contributed by atoms with van der Waals surface area (Å²) in [6, 6.07) is 0. The standard InChI is InChI=1S/C13H22N4O2/c1-3-19-12(18)11-9(2)15-13(16-11)17-6-4-10(8-14)5-7-17/h10H,3-8,14H2,1-2H3,(H,15,16). The normalized spacial score (nSPS) is 16.7. The number of carbonyl (C=O) groups is 1. The van der Waals surface area contributed by atoms with Crippen LogP contribution in [0, 0.1) is 12.8 Å². The lowest BCUT2D eigenvalue weighted by atomic mass is 9.97. The van der Waals surface area contributed by atoms with Crippen molar-refractivity contribution < 1.29 is 9.53 Å². The molecule has 0 aromatic carbocycles. The summed E-state index contributed by atoms with van der Waals surface area (Å²) in [5.74, 6) is 1.03. The fourth-order valence-corrected chi connectivity index (χ4v) is 2.38. The Bertz CT molecular complexity index is 436. The number of aromatic amines is 1. The fraction of sp³-hybridized carbons (Fsp3) is 0.692. The van der Waals surface area contributed by atoms with Crippen LogP contribution in [0.15, 0.2) is 0 Å². The molecule has 0 radical (unpaired) electrons. The van der Waals surface area contributed by atoms with E-state index in [0.717, 1.165) is 38.4 Å². The molecule has 0 bridgehead atoms. The molecule has 0 amide bonds. The number of imidazole rings is 1. The number of esters is 1. The first-order valence-corrected chi connectivity index (χ1v) is 6.84. The number of aryl methyl sites for hydroxylation is 1. The number of aromatic nitrogens is 2. The summed E-state index contributed by atoms with van der Waals surface area (Å²) in [7, 11) is 0. The van der Waals surface area contributed by atoms with Crippen molar-refractivity contribution in [3.63, 3.8) is 0 Å². The van der Waals surface area contributed by atoms with Crippen LogP contribution < -0.4 is 10.6 Å². The molecule has 6 nitrogen and oxygen atoms in total. The van der Waals surface area contributed by atoms with Gasteiger partial charge in [0, 0.05) is 13.1 Å². The third kappa shape index (κ3) is 3.07. The average molecular weight is 266 g/mol. The van der Waals surface area contributed by atoms with E-state index in [1.807, 2.05) is 6.92 Å². The summed E-state index contributed by atoms with van der Waals surface area (Å²) in [6.07, 6.45) is 2.15. The number of ether oxygens (including phenoxy) is 1. The number of nitrogens with zero attached hydrogens (tertiary/aromatic N) is 2. The van der Waals surface area contributed by atoms with Crippen LogP contribution in [0.1, 0.15) is 35.9 Å². The maximum Gasteiger partial charge on any atom is 0.356 e. The summed E-state index contributed by atoms with van der Waals surface area (Å²) in [5.41, 5.74) is 6.83. The van der Waals surface area contributed by atoms with Gasteiger partial charge in [0.2, 0.25) is 5.95 Å². The van der Waals surface area contributed by atoms with Crippen molar-refractivity contribution in [2.45, 2.75) is 26.7 Å². The summed E-state index contributed by atoms with van der Waals surface area (Å²) in [6.45, 7) is 6.59. The number of carbonyl (C=O) groups excluding carboxylic acids is 1. The maximum absolute atomic E-state index is 11.7. The van der Waals surface area contributed by atoms with Crippen molar-refractivity contribution in [2.24, 2.45) is 11.7 Å². The predicted octanol–water partition coefficient (Wildman–Crippen LogP) is 1.07. The fourth-order valence-electron chi connectivity index (χ4n) is 2.38. The van der Waals surface area contributed by atoms with Crippen LogP contribution in [0.5, 0.6) is 0 Å². The highest BCUT2D eigenvalue weighted by Crippen LogP contribution is 2.21. The molecule has 6 heteroatoms. The van der Waals surface area contributed by atoms with E-state index >= 15 is 0 Å². The minimum Gasteiger partial charge on any atom is -0.461 e. The molecule has 1 saturated heterocycles. The molecule has 2 rings (SSSR count). The molecular weight excluding hydrogens is 244 g/mol. The van der Waals surface area contributed by atoms with Crippen molar-refractivity contribution >= 4 is 11.9 Å². The molecule has 0 aliphatic carbocycles. The molecule has 0 saturated carbocycles. The Morgan fingerprint density at radius 1 is 1.53 bits per heavy atom. The smallest absolute Gasteiger partial charge is 0.356 e. The van der Waals surface area contributed by atoms with Gasteiger partial charge in [-0.05, 0) is 39.2 Å². The molecule has 1 aromatic rings. The Labute approximate surface area is 113 Å². The second kappa shape index (κ2) is 6.06. The van der Waals surface area contributed by atoms with Crippen LogP contribution in [0.4, 0.5) is 5.95 Å². The molecule has 1 fully saturated rings. The molecule has 1 aliphatic heterocycles. The first-order chi connectivity index (χ1) is 9.15. The third-order valence-corrected chi connectivity index (χ3v) is 3.60. The Kier molecular flexibility index (Phi) is 4.42. The van der Waals surface area contributed by atoms with Crippen LogP contribution >= 0.6 is 0 Å². The topological polar surface area (TPSA) is 84.2 Å². The van der Waals surface area contributed by atoms with E-state index in [0.29, 0.717) is 23.9 Å². The zero-order valence-corrected chi connectivity index (χ0v) is 11.6. The molecule has 2 heterocycles. The number of H-pyrrole nitrogens is 1. The number of piperidine rings is 1. The molecule has 0 atom stereocenters. The van der Waals surface area contributed by atoms with Gasteiger partial charge in [0.15, 0.2) is 0 Å². The molecular formula is C13H22N4O2. The molecule has 1 aliphatic rings. The molecule has 106 valence electrons. The summed E-state index contributed by atoms with van der Waals surface area (Å²) < 4.78 is 5.00. The van der Waals surface area contributed by atoms with Gasteiger partial charge in [-0.15, -0.1) is 0 Å². The molecule has 0 spiro atoms. The van der Waals surface area contributed by atoms with Gasteiger partial charge in [0.05, 0.1) is 12.3 Å². The van der Waals surface area contributed by atoms with Gasteiger partial charge in [-0.3, -0.25) is 0 Å². The molecule has 3 N–H and O–H groups in total. The first-order valence-electron chi connectivity index (χ1n) is 6.84. The van der Waals surface area contributed by atoms with Crippen molar-refractivity contribution in [2.75, 3.05) is 31.1 Å². The van der Waals surface area contributed by atoms with E-state index in [1.54, 1.807) is 6.92 Å². The molecule has 0 unspecified atom stereocenters. The highest BCUT2D eigenvalue weighted by Gasteiger charge is 2.23. The van der Waals surface area contributed by atoms with Crippen molar-refractivity contribution in [3.8, 4) is 0 Å². The Hall–Kier alpha value is -1.56. The maximum atomic E-state index is 11.7. The second-order valence-electron chi connectivity index (χ2n) is 4.91. The first kappa shape index (κ1) is 13.9. The monoisotopic (exact) mass is 266 g/mol. The Balaban J connectivity index is 2.06. The van der Waals surface area contributed by atoms with Gasteiger partial charge >= 0.3 is 5.97 Å². The third-order valence-electron chi connectivity index (χ3n) is 3.60. The number of rotatable bonds is 4.